The molecule has 5 rings (SSSR count). The molecule has 4 aromatic rings. The molecule has 24 heavy (non-hydrogen) atoms. The molecule has 4 nitrogen and oxygen atoms in total. The zero-order chi connectivity index (χ0) is 16.3. The summed E-state index contributed by atoms with van der Waals surface area (Å²) in [5.41, 5.74) is 0. The van der Waals surface area contributed by atoms with Gasteiger partial charge < -0.3 is 19.7 Å². The van der Waals surface area contributed by atoms with Crippen molar-refractivity contribution < 1.29 is 19.7 Å². The summed E-state index contributed by atoms with van der Waals surface area (Å²) in [6.07, 6.45) is 0. The summed E-state index contributed by atoms with van der Waals surface area (Å²) in [5, 5.41) is 23.4. The Kier molecular flexibility index (Phi) is 2.48. The minimum atomic E-state index is 0.138. The molecule has 116 valence electrons. The first-order valence-corrected chi connectivity index (χ1v) is 7.57. The lowest BCUT2D eigenvalue weighted by Gasteiger charge is -2.24. The molecule has 0 unspecified atom stereocenters. The monoisotopic (exact) mass is 316 g/mol. The molecule has 0 saturated heterocycles. The highest BCUT2D eigenvalue weighted by Crippen LogP contribution is 2.54. The van der Waals surface area contributed by atoms with Gasteiger partial charge >= 0.3 is 0 Å². The van der Waals surface area contributed by atoms with Crippen molar-refractivity contribution in [2.75, 3.05) is 0 Å². The summed E-state index contributed by atoms with van der Waals surface area (Å²) in [6.45, 7) is 0. The highest BCUT2D eigenvalue weighted by molar-refractivity contribution is 5.99. The average Bonchev–Trinajstić information content (AvgIpc) is 2.62. The summed E-state index contributed by atoms with van der Waals surface area (Å²) >= 11 is 0. The normalized spacial score (nSPS) is 12.3. The second kappa shape index (κ2) is 4.55. The molecule has 0 atom stereocenters. The van der Waals surface area contributed by atoms with Gasteiger partial charge in [-0.2, -0.15) is 0 Å². The van der Waals surface area contributed by atoms with E-state index in [0.29, 0.717) is 33.8 Å². The predicted octanol–water partition coefficient (Wildman–Crippen LogP) is 5.30. The Hall–Kier alpha value is -3.40. The van der Waals surface area contributed by atoms with Gasteiger partial charge in [-0.15, -0.1) is 0 Å². The maximum atomic E-state index is 10.3. The van der Waals surface area contributed by atoms with E-state index in [4.69, 9.17) is 9.47 Å². The molecule has 0 bridgehead atoms. The van der Waals surface area contributed by atoms with Gasteiger partial charge in [-0.05, 0) is 0 Å². The van der Waals surface area contributed by atoms with Crippen molar-refractivity contribution in [3.05, 3.63) is 60.7 Å². The third-order valence-electron chi connectivity index (χ3n) is 4.30. The van der Waals surface area contributed by atoms with Gasteiger partial charge in [-0.25, -0.2) is 0 Å². The van der Waals surface area contributed by atoms with E-state index in [1.165, 1.54) is 0 Å². The van der Waals surface area contributed by atoms with Crippen molar-refractivity contribution in [2.45, 2.75) is 0 Å². The summed E-state index contributed by atoms with van der Waals surface area (Å²) in [5.74, 6) is 2.25. The van der Waals surface area contributed by atoms with Gasteiger partial charge in [0.25, 0.3) is 0 Å². The molecular formula is C20H12O4. The molecular weight excluding hydrogens is 304 g/mol. The first-order valence-electron chi connectivity index (χ1n) is 7.57. The van der Waals surface area contributed by atoms with Crippen molar-refractivity contribution in [1.82, 2.24) is 0 Å². The topological polar surface area (TPSA) is 58.9 Å². The van der Waals surface area contributed by atoms with Crippen LogP contribution in [0.5, 0.6) is 34.5 Å². The maximum Gasteiger partial charge on any atom is 0.178 e. The second-order valence-electron chi connectivity index (χ2n) is 5.74. The highest BCUT2D eigenvalue weighted by Gasteiger charge is 2.25. The number of phenolic OH excluding ortho intramolecular Hbond substituents is 2. The van der Waals surface area contributed by atoms with Crippen LogP contribution in [0.15, 0.2) is 60.7 Å². The molecule has 0 radical (unpaired) electrons. The predicted molar refractivity (Wildman–Crippen MR) is 91.4 cm³/mol. The van der Waals surface area contributed by atoms with Crippen molar-refractivity contribution in [2.24, 2.45) is 0 Å². The maximum absolute atomic E-state index is 10.3. The fraction of sp³-hybridized carbons (Fsp3) is 0. The molecule has 0 saturated carbocycles. The average molecular weight is 316 g/mol. The minimum absolute atomic E-state index is 0.138. The number of phenols is 2. The van der Waals surface area contributed by atoms with Crippen LogP contribution in [0.3, 0.4) is 0 Å². The Morgan fingerprint density at radius 1 is 0.542 bits per heavy atom. The lowest BCUT2D eigenvalue weighted by atomic mass is 10.1. The van der Waals surface area contributed by atoms with Crippen LogP contribution >= 0.6 is 0 Å². The van der Waals surface area contributed by atoms with E-state index in [0.717, 1.165) is 10.8 Å². The van der Waals surface area contributed by atoms with Crippen molar-refractivity contribution in [3.63, 3.8) is 0 Å². The van der Waals surface area contributed by atoms with E-state index in [2.05, 4.69) is 0 Å². The summed E-state index contributed by atoms with van der Waals surface area (Å²) in [7, 11) is 0. The standard InChI is InChI=1S/C20H12O4/c21-15-9-17-19(13-7-3-1-5-11(13)15)23-18-10-16(22)12-6-2-4-8-14(12)20(18)24-17/h1-10,21-22H. The van der Waals surface area contributed by atoms with Crippen LogP contribution in [-0.4, -0.2) is 10.2 Å². The fourth-order valence-electron chi connectivity index (χ4n) is 3.19. The summed E-state index contributed by atoms with van der Waals surface area (Å²) in [6, 6.07) is 17.9. The molecule has 1 aliphatic heterocycles. The Bertz CT molecular complexity index is 1040. The Labute approximate surface area is 137 Å². The first-order chi connectivity index (χ1) is 11.7. The zero-order valence-electron chi connectivity index (χ0n) is 12.5. The molecule has 0 fully saturated rings. The van der Waals surface area contributed by atoms with E-state index < -0.39 is 0 Å². The molecule has 1 aliphatic rings. The van der Waals surface area contributed by atoms with Crippen LogP contribution in [0, 0.1) is 0 Å². The Balaban J connectivity index is 1.81. The number of fused-ring (bicyclic) bond motifs is 6. The fourth-order valence-corrected chi connectivity index (χ4v) is 3.19. The summed E-state index contributed by atoms with van der Waals surface area (Å²) in [4.78, 5) is 0. The number of hydrogen-bond acceptors (Lipinski definition) is 4. The van der Waals surface area contributed by atoms with Crippen LogP contribution in [0.25, 0.3) is 21.5 Å². The first kappa shape index (κ1) is 13.1. The lowest BCUT2D eigenvalue weighted by Crippen LogP contribution is -2.00. The van der Waals surface area contributed by atoms with Crippen molar-refractivity contribution in [3.8, 4) is 34.5 Å². The highest BCUT2D eigenvalue weighted by atomic mass is 16.6. The summed E-state index contributed by atoms with van der Waals surface area (Å²) < 4.78 is 12.1. The van der Waals surface area contributed by atoms with Crippen LogP contribution in [-0.2, 0) is 0 Å². The van der Waals surface area contributed by atoms with Gasteiger partial charge in [-0.1, -0.05) is 48.5 Å². The molecule has 4 aromatic carbocycles. The van der Waals surface area contributed by atoms with Crippen LogP contribution in [0.4, 0.5) is 0 Å². The van der Waals surface area contributed by atoms with Gasteiger partial charge in [0.2, 0.25) is 0 Å². The van der Waals surface area contributed by atoms with E-state index in [9.17, 15) is 10.2 Å². The van der Waals surface area contributed by atoms with Gasteiger partial charge in [0.05, 0.1) is 0 Å². The zero-order valence-corrected chi connectivity index (χ0v) is 12.5. The molecule has 0 aliphatic carbocycles. The van der Waals surface area contributed by atoms with Gasteiger partial charge in [0.1, 0.15) is 11.5 Å². The number of ether oxygens (including phenoxy) is 2. The third kappa shape index (κ3) is 1.68. The van der Waals surface area contributed by atoms with Crippen LogP contribution in [0.1, 0.15) is 0 Å². The largest absolute Gasteiger partial charge is 0.507 e. The number of hydrogen-bond donors (Lipinski definition) is 2. The SMILES string of the molecule is Oc1cc2c(c3ccccc13)Oc1cc(O)c3ccccc3c1O2. The quantitative estimate of drug-likeness (QED) is 0.407. The molecule has 0 spiro atoms. The lowest BCUT2D eigenvalue weighted by molar-refractivity contribution is 0.361. The van der Waals surface area contributed by atoms with E-state index in [1.54, 1.807) is 12.1 Å². The minimum Gasteiger partial charge on any atom is -0.507 e. The van der Waals surface area contributed by atoms with Crippen LogP contribution in [0.2, 0.25) is 0 Å². The van der Waals surface area contributed by atoms with Gasteiger partial charge in [0.15, 0.2) is 23.0 Å². The number of aromatic hydroxyl groups is 2. The van der Waals surface area contributed by atoms with E-state index >= 15 is 0 Å². The van der Waals surface area contributed by atoms with E-state index in [-0.39, 0.29) is 11.5 Å². The molecule has 1 heterocycles. The van der Waals surface area contributed by atoms with Crippen LogP contribution < -0.4 is 9.47 Å². The Morgan fingerprint density at radius 3 is 1.33 bits per heavy atom. The van der Waals surface area contributed by atoms with Crippen molar-refractivity contribution in [1.29, 1.82) is 0 Å². The van der Waals surface area contributed by atoms with Gasteiger partial charge in [0, 0.05) is 33.7 Å². The molecule has 4 heteroatoms. The second-order valence-corrected chi connectivity index (χ2v) is 5.74. The molecule has 2 N–H and O–H groups in total. The smallest absolute Gasteiger partial charge is 0.178 e. The number of rotatable bonds is 0. The Morgan fingerprint density at radius 2 is 0.917 bits per heavy atom. The number of benzene rings is 4. The van der Waals surface area contributed by atoms with Crippen molar-refractivity contribution >= 4 is 21.5 Å². The third-order valence-corrected chi connectivity index (χ3v) is 4.30. The van der Waals surface area contributed by atoms with E-state index in [1.807, 2.05) is 48.5 Å². The molecule has 0 aromatic heterocycles. The molecule has 0 amide bonds. The van der Waals surface area contributed by atoms with Gasteiger partial charge in [-0.3, -0.25) is 0 Å².